The molecule has 1 atom stereocenters. The van der Waals surface area contributed by atoms with Crippen molar-refractivity contribution < 1.29 is 9.59 Å². The van der Waals surface area contributed by atoms with Crippen molar-refractivity contribution in [2.75, 3.05) is 13.1 Å². The molecule has 1 fully saturated rings. The van der Waals surface area contributed by atoms with Gasteiger partial charge >= 0.3 is 6.03 Å². The SMILES string of the molecule is CC(C)c1ccccc1-n1ccnc1S[C@H](C)C(=O)N1CCNC1=O. The minimum absolute atomic E-state index is 0.188. The second-order valence-corrected chi connectivity index (χ2v) is 7.58. The molecule has 1 aliphatic rings. The van der Waals surface area contributed by atoms with E-state index in [2.05, 4.69) is 36.3 Å². The van der Waals surface area contributed by atoms with Gasteiger partial charge in [0.15, 0.2) is 5.16 Å². The van der Waals surface area contributed by atoms with Crippen LogP contribution in [0.15, 0.2) is 41.8 Å². The molecule has 1 N–H and O–H groups in total. The Morgan fingerprint density at radius 2 is 2.04 bits per heavy atom. The summed E-state index contributed by atoms with van der Waals surface area (Å²) >= 11 is 1.37. The fraction of sp³-hybridized carbons (Fsp3) is 0.389. The van der Waals surface area contributed by atoms with Gasteiger partial charge in [0.1, 0.15) is 0 Å². The first-order chi connectivity index (χ1) is 12.0. The lowest BCUT2D eigenvalue weighted by atomic mass is 10.0. The third-order valence-corrected chi connectivity index (χ3v) is 5.25. The Bertz CT molecular complexity index is 787. The second kappa shape index (κ2) is 7.31. The molecule has 1 aromatic carbocycles. The van der Waals surface area contributed by atoms with Gasteiger partial charge in [0.25, 0.3) is 0 Å². The van der Waals surface area contributed by atoms with E-state index in [-0.39, 0.29) is 11.9 Å². The van der Waals surface area contributed by atoms with Crippen molar-refractivity contribution in [3.63, 3.8) is 0 Å². The van der Waals surface area contributed by atoms with Crippen LogP contribution in [-0.2, 0) is 4.79 Å². The van der Waals surface area contributed by atoms with Gasteiger partial charge in [-0.15, -0.1) is 0 Å². The lowest BCUT2D eigenvalue weighted by Crippen LogP contribution is -2.39. The van der Waals surface area contributed by atoms with Crippen molar-refractivity contribution in [1.29, 1.82) is 0 Å². The fourth-order valence-corrected chi connectivity index (χ4v) is 3.80. The molecule has 0 spiro atoms. The number of nitrogens with one attached hydrogen (secondary N) is 1. The van der Waals surface area contributed by atoms with Gasteiger partial charge in [0.05, 0.1) is 10.9 Å². The van der Waals surface area contributed by atoms with Crippen LogP contribution >= 0.6 is 11.8 Å². The maximum absolute atomic E-state index is 12.5. The summed E-state index contributed by atoms with van der Waals surface area (Å²) in [5.41, 5.74) is 2.29. The number of benzene rings is 1. The Morgan fingerprint density at radius 3 is 2.72 bits per heavy atom. The molecule has 3 amide bonds. The highest BCUT2D eigenvalue weighted by atomic mass is 32.2. The molecule has 1 aliphatic heterocycles. The zero-order valence-electron chi connectivity index (χ0n) is 14.6. The Hall–Kier alpha value is -2.28. The van der Waals surface area contributed by atoms with Crippen LogP contribution in [0.25, 0.3) is 5.69 Å². The Kier molecular flexibility index (Phi) is 5.13. The summed E-state index contributed by atoms with van der Waals surface area (Å²) in [6.07, 6.45) is 3.64. The van der Waals surface area contributed by atoms with E-state index in [0.29, 0.717) is 19.0 Å². The number of imide groups is 1. The Labute approximate surface area is 151 Å². The standard InChI is InChI=1S/C18H22N4O2S/c1-12(2)14-6-4-5-7-15(14)21-10-9-20-18(21)25-13(3)16(23)22-11-8-19-17(22)24/h4-7,9-10,12-13H,8,11H2,1-3H3,(H,19,24)/t13-/m1/s1. The molecule has 6 nitrogen and oxygen atoms in total. The highest BCUT2D eigenvalue weighted by molar-refractivity contribution is 8.00. The highest BCUT2D eigenvalue weighted by Crippen LogP contribution is 2.29. The summed E-state index contributed by atoms with van der Waals surface area (Å²) in [6, 6.07) is 7.88. The molecule has 2 aromatic rings. The minimum atomic E-state index is -0.392. The molecule has 0 radical (unpaired) electrons. The normalized spacial score (nSPS) is 15.5. The van der Waals surface area contributed by atoms with Gasteiger partial charge in [0, 0.05) is 25.5 Å². The number of urea groups is 1. The number of hydrogen-bond donors (Lipinski definition) is 1. The second-order valence-electron chi connectivity index (χ2n) is 6.28. The van der Waals surface area contributed by atoms with Crippen LogP contribution in [0.2, 0.25) is 0 Å². The van der Waals surface area contributed by atoms with Crippen LogP contribution in [0.5, 0.6) is 0 Å². The molecule has 3 rings (SSSR count). The number of para-hydroxylation sites is 1. The zero-order valence-corrected chi connectivity index (χ0v) is 15.4. The molecule has 132 valence electrons. The monoisotopic (exact) mass is 358 g/mol. The molecule has 0 saturated carbocycles. The first-order valence-electron chi connectivity index (χ1n) is 8.37. The van der Waals surface area contributed by atoms with Gasteiger partial charge in [-0.2, -0.15) is 0 Å². The summed E-state index contributed by atoms with van der Waals surface area (Å²) in [7, 11) is 0. The summed E-state index contributed by atoms with van der Waals surface area (Å²) in [5, 5.41) is 3.01. The molecule has 25 heavy (non-hydrogen) atoms. The van der Waals surface area contributed by atoms with Crippen molar-refractivity contribution in [3.8, 4) is 5.69 Å². The van der Waals surface area contributed by atoms with Gasteiger partial charge in [-0.3, -0.25) is 14.3 Å². The van der Waals surface area contributed by atoms with Crippen LogP contribution in [0.3, 0.4) is 0 Å². The third kappa shape index (κ3) is 3.56. The lowest BCUT2D eigenvalue weighted by molar-refractivity contribution is -0.126. The van der Waals surface area contributed by atoms with E-state index in [1.807, 2.05) is 29.8 Å². The highest BCUT2D eigenvalue weighted by Gasteiger charge is 2.31. The topological polar surface area (TPSA) is 67.2 Å². The van der Waals surface area contributed by atoms with Gasteiger partial charge in [-0.05, 0) is 24.5 Å². The first-order valence-corrected chi connectivity index (χ1v) is 9.25. The average molecular weight is 358 g/mol. The number of carbonyl (C=O) groups excluding carboxylic acids is 2. The molecule has 0 bridgehead atoms. The molecule has 7 heteroatoms. The lowest BCUT2D eigenvalue weighted by Gasteiger charge is -2.19. The van der Waals surface area contributed by atoms with Crippen LogP contribution in [0.1, 0.15) is 32.3 Å². The quantitative estimate of drug-likeness (QED) is 0.834. The van der Waals surface area contributed by atoms with Crippen molar-refractivity contribution in [2.24, 2.45) is 0 Å². The van der Waals surface area contributed by atoms with E-state index in [4.69, 9.17) is 0 Å². The largest absolute Gasteiger partial charge is 0.336 e. The number of nitrogens with zero attached hydrogens (tertiary/aromatic N) is 3. The number of rotatable bonds is 5. The van der Waals surface area contributed by atoms with E-state index < -0.39 is 5.25 Å². The van der Waals surface area contributed by atoms with E-state index in [9.17, 15) is 9.59 Å². The van der Waals surface area contributed by atoms with Crippen LogP contribution in [-0.4, -0.2) is 44.7 Å². The van der Waals surface area contributed by atoms with Crippen molar-refractivity contribution in [1.82, 2.24) is 19.8 Å². The summed E-state index contributed by atoms with van der Waals surface area (Å²) in [4.78, 5) is 29.9. The molecule has 0 aliphatic carbocycles. The van der Waals surface area contributed by atoms with E-state index >= 15 is 0 Å². The van der Waals surface area contributed by atoms with Gasteiger partial charge in [-0.1, -0.05) is 43.8 Å². The minimum Gasteiger partial charge on any atom is -0.336 e. The number of carbonyl (C=O) groups is 2. The predicted octanol–water partition coefficient (Wildman–Crippen LogP) is 3.03. The van der Waals surface area contributed by atoms with Crippen molar-refractivity contribution in [2.45, 2.75) is 37.1 Å². The summed E-state index contributed by atoms with van der Waals surface area (Å²) in [5.74, 6) is 0.190. The fourth-order valence-electron chi connectivity index (χ4n) is 2.87. The third-order valence-electron chi connectivity index (χ3n) is 4.18. The number of aromatic nitrogens is 2. The Balaban J connectivity index is 1.83. The molecule has 1 saturated heterocycles. The van der Waals surface area contributed by atoms with Crippen molar-refractivity contribution >= 4 is 23.7 Å². The first kappa shape index (κ1) is 17.5. The molecule has 0 unspecified atom stereocenters. The smallest absolute Gasteiger partial charge is 0.324 e. The van der Waals surface area contributed by atoms with Crippen LogP contribution in [0.4, 0.5) is 4.79 Å². The summed E-state index contributed by atoms with van der Waals surface area (Å²) < 4.78 is 2.01. The maximum atomic E-state index is 12.5. The van der Waals surface area contributed by atoms with Crippen molar-refractivity contribution in [3.05, 3.63) is 42.2 Å². The number of imidazole rings is 1. The van der Waals surface area contributed by atoms with E-state index in [1.54, 1.807) is 6.20 Å². The molecule has 1 aromatic heterocycles. The summed E-state index contributed by atoms with van der Waals surface area (Å²) in [6.45, 7) is 7.05. The van der Waals surface area contributed by atoms with Crippen LogP contribution in [0, 0.1) is 0 Å². The number of thioether (sulfide) groups is 1. The number of hydrogen-bond acceptors (Lipinski definition) is 4. The maximum Gasteiger partial charge on any atom is 0.324 e. The molecule has 2 heterocycles. The Morgan fingerprint density at radius 1 is 1.28 bits per heavy atom. The number of amides is 3. The molecular weight excluding hydrogens is 336 g/mol. The zero-order chi connectivity index (χ0) is 18.0. The molecular formula is C18H22N4O2S. The van der Waals surface area contributed by atoms with Gasteiger partial charge in [0.2, 0.25) is 5.91 Å². The predicted molar refractivity (Wildman–Crippen MR) is 98.1 cm³/mol. The van der Waals surface area contributed by atoms with E-state index in [0.717, 1.165) is 10.8 Å². The van der Waals surface area contributed by atoms with E-state index in [1.165, 1.54) is 22.2 Å². The average Bonchev–Trinajstić information content (AvgIpc) is 3.23. The van der Waals surface area contributed by atoms with Crippen LogP contribution < -0.4 is 5.32 Å². The van der Waals surface area contributed by atoms with Gasteiger partial charge in [-0.25, -0.2) is 9.78 Å². The van der Waals surface area contributed by atoms with Gasteiger partial charge < -0.3 is 5.32 Å².